The first-order valence-electron chi connectivity index (χ1n) is 9.72. The SMILES string of the molecule is O=CNCC(=O)NC(Cc1ccccc1)C(=O)NCC(=O)NCOCC1(C(=O)O)CC1. The second-order valence-corrected chi connectivity index (χ2v) is 7.20. The van der Waals surface area contributed by atoms with Gasteiger partial charge < -0.3 is 31.1 Å². The molecule has 0 saturated heterocycles. The lowest BCUT2D eigenvalue weighted by Gasteiger charge is -2.18. The summed E-state index contributed by atoms with van der Waals surface area (Å²) in [5.74, 6) is -2.56. The Kier molecular flexibility index (Phi) is 8.94. The molecule has 0 aromatic heterocycles. The van der Waals surface area contributed by atoms with Crippen LogP contribution in [0.4, 0.5) is 0 Å². The predicted molar refractivity (Wildman–Crippen MR) is 107 cm³/mol. The van der Waals surface area contributed by atoms with Gasteiger partial charge in [0.05, 0.1) is 25.1 Å². The molecule has 1 aliphatic rings. The van der Waals surface area contributed by atoms with Gasteiger partial charge in [0, 0.05) is 6.42 Å². The third kappa shape index (κ3) is 8.05. The fourth-order valence-corrected chi connectivity index (χ4v) is 2.74. The molecule has 0 radical (unpaired) electrons. The van der Waals surface area contributed by atoms with Crippen molar-refractivity contribution in [3.8, 4) is 0 Å². The van der Waals surface area contributed by atoms with Crippen LogP contribution < -0.4 is 21.3 Å². The summed E-state index contributed by atoms with van der Waals surface area (Å²) in [5, 5.41) is 18.7. The number of hydrogen-bond acceptors (Lipinski definition) is 6. The lowest BCUT2D eigenvalue weighted by atomic mass is 10.1. The Morgan fingerprint density at radius 2 is 1.77 bits per heavy atom. The molecule has 11 heteroatoms. The Labute approximate surface area is 178 Å². The summed E-state index contributed by atoms with van der Waals surface area (Å²) in [6.45, 7) is -0.794. The number of carbonyl (C=O) groups is 5. The fraction of sp³-hybridized carbons (Fsp3) is 0.450. The normalized spacial score (nSPS) is 14.6. The third-order valence-corrected chi connectivity index (χ3v) is 4.76. The van der Waals surface area contributed by atoms with Crippen molar-refractivity contribution in [2.24, 2.45) is 5.41 Å². The summed E-state index contributed by atoms with van der Waals surface area (Å²) in [6, 6.07) is 8.05. The van der Waals surface area contributed by atoms with Crippen molar-refractivity contribution in [1.29, 1.82) is 0 Å². The molecule has 0 heterocycles. The number of benzene rings is 1. The quantitative estimate of drug-likeness (QED) is 0.136. The Morgan fingerprint density at radius 1 is 1.06 bits per heavy atom. The Bertz CT molecular complexity index is 796. The number of amides is 4. The number of carbonyl (C=O) groups excluding carboxylic acids is 4. The monoisotopic (exact) mass is 434 g/mol. The highest BCUT2D eigenvalue weighted by Crippen LogP contribution is 2.45. The Balaban J connectivity index is 1.78. The van der Waals surface area contributed by atoms with Crippen LogP contribution in [0.3, 0.4) is 0 Å². The lowest BCUT2D eigenvalue weighted by molar-refractivity contribution is -0.146. The summed E-state index contributed by atoms with van der Waals surface area (Å²) < 4.78 is 5.20. The molecule has 5 N–H and O–H groups in total. The minimum Gasteiger partial charge on any atom is -0.481 e. The highest BCUT2D eigenvalue weighted by Gasteiger charge is 2.50. The van der Waals surface area contributed by atoms with Crippen molar-refractivity contribution in [2.75, 3.05) is 26.4 Å². The van der Waals surface area contributed by atoms with Crippen LogP contribution in [-0.4, -0.2) is 67.7 Å². The fourth-order valence-electron chi connectivity index (χ4n) is 2.74. The summed E-state index contributed by atoms with van der Waals surface area (Å²) in [7, 11) is 0. The largest absolute Gasteiger partial charge is 0.481 e. The van der Waals surface area contributed by atoms with Crippen LogP contribution in [0, 0.1) is 5.41 Å². The van der Waals surface area contributed by atoms with E-state index in [2.05, 4.69) is 21.3 Å². The van der Waals surface area contributed by atoms with Gasteiger partial charge in [0.15, 0.2) is 0 Å². The zero-order valence-corrected chi connectivity index (χ0v) is 16.9. The van der Waals surface area contributed by atoms with Gasteiger partial charge in [-0.15, -0.1) is 0 Å². The second-order valence-electron chi connectivity index (χ2n) is 7.20. The van der Waals surface area contributed by atoms with Crippen molar-refractivity contribution < 1.29 is 33.8 Å². The van der Waals surface area contributed by atoms with Crippen molar-refractivity contribution >= 4 is 30.1 Å². The molecule has 0 bridgehead atoms. The number of carboxylic acids is 1. The van der Waals surface area contributed by atoms with E-state index in [1.165, 1.54) is 0 Å². The molecule has 1 aromatic rings. The van der Waals surface area contributed by atoms with E-state index in [1.54, 1.807) is 24.3 Å². The van der Waals surface area contributed by atoms with Gasteiger partial charge in [0.2, 0.25) is 24.1 Å². The average Bonchev–Trinajstić information content (AvgIpc) is 3.55. The van der Waals surface area contributed by atoms with E-state index in [-0.39, 0.29) is 32.8 Å². The van der Waals surface area contributed by atoms with Crippen LogP contribution in [0.15, 0.2) is 30.3 Å². The van der Waals surface area contributed by atoms with Crippen LogP contribution in [0.1, 0.15) is 18.4 Å². The van der Waals surface area contributed by atoms with Crippen LogP contribution in [0.5, 0.6) is 0 Å². The van der Waals surface area contributed by atoms with E-state index in [0.717, 1.165) is 5.56 Å². The van der Waals surface area contributed by atoms with Crippen molar-refractivity contribution in [3.63, 3.8) is 0 Å². The molecule has 11 nitrogen and oxygen atoms in total. The average molecular weight is 434 g/mol. The lowest BCUT2D eigenvalue weighted by Crippen LogP contribution is -2.51. The van der Waals surface area contributed by atoms with Crippen molar-refractivity contribution in [3.05, 3.63) is 35.9 Å². The molecule has 1 saturated carbocycles. The van der Waals surface area contributed by atoms with Crippen LogP contribution >= 0.6 is 0 Å². The molecule has 1 unspecified atom stereocenters. The number of rotatable bonds is 14. The molecule has 1 aliphatic carbocycles. The number of nitrogens with one attached hydrogen (secondary N) is 4. The maximum atomic E-state index is 12.5. The molecule has 0 spiro atoms. The number of ether oxygens (including phenoxy) is 1. The number of aliphatic carboxylic acids is 1. The number of hydrogen-bond donors (Lipinski definition) is 5. The Hall–Kier alpha value is -3.47. The smallest absolute Gasteiger partial charge is 0.311 e. The summed E-state index contributed by atoms with van der Waals surface area (Å²) in [4.78, 5) is 57.7. The first-order valence-corrected chi connectivity index (χ1v) is 9.72. The summed E-state index contributed by atoms with van der Waals surface area (Å²) in [5.41, 5.74) is -0.0443. The zero-order chi connectivity index (χ0) is 22.7. The van der Waals surface area contributed by atoms with Gasteiger partial charge in [0.1, 0.15) is 12.8 Å². The number of carboxylic acid groups (broad SMARTS) is 1. The van der Waals surface area contributed by atoms with E-state index in [1.807, 2.05) is 6.07 Å². The van der Waals surface area contributed by atoms with E-state index < -0.39 is 35.1 Å². The van der Waals surface area contributed by atoms with Gasteiger partial charge in [0.25, 0.3) is 0 Å². The van der Waals surface area contributed by atoms with Gasteiger partial charge in [-0.1, -0.05) is 30.3 Å². The van der Waals surface area contributed by atoms with E-state index in [4.69, 9.17) is 9.84 Å². The van der Waals surface area contributed by atoms with Gasteiger partial charge in [-0.2, -0.15) is 0 Å². The molecule has 2 rings (SSSR count). The minimum absolute atomic E-state index is 0.00891. The van der Waals surface area contributed by atoms with Crippen LogP contribution in [0.2, 0.25) is 0 Å². The maximum Gasteiger partial charge on any atom is 0.311 e. The van der Waals surface area contributed by atoms with Crippen molar-refractivity contribution in [2.45, 2.75) is 25.3 Å². The molecule has 1 fully saturated rings. The minimum atomic E-state index is -0.947. The predicted octanol–water partition coefficient (Wildman–Crippen LogP) is -1.47. The standard InChI is InChI=1S/C20H26N4O7/c25-12-21-9-17(27)24-15(8-14-4-2-1-3-5-14)18(28)22-10-16(26)23-13-31-11-20(6-7-20)19(29)30/h1-5,12,15H,6-11,13H2,(H,21,25)(H,22,28)(H,23,26)(H,24,27)(H,29,30). The molecule has 168 valence electrons. The topological polar surface area (TPSA) is 163 Å². The molecular formula is C20H26N4O7. The van der Waals surface area contributed by atoms with E-state index in [9.17, 15) is 24.0 Å². The maximum absolute atomic E-state index is 12.5. The van der Waals surface area contributed by atoms with Crippen LogP contribution in [0.25, 0.3) is 0 Å². The summed E-state index contributed by atoms with van der Waals surface area (Å²) in [6.07, 6.45) is 1.66. The molecule has 1 aromatic carbocycles. The first kappa shape index (κ1) is 23.8. The molecule has 0 aliphatic heterocycles. The molecule has 1 atom stereocenters. The van der Waals surface area contributed by atoms with Gasteiger partial charge in [-0.05, 0) is 18.4 Å². The highest BCUT2D eigenvalue weighted by molar-refractivity contribution is 5.91. The first-order chi connectivity index (χ1) is 14.9. The van der Waals surface area contributed by atoms with Gasteiger partial charge >= 0.3 is 5.97 Å². The molecule has 4 amide bonds. The van der Waals surface area contributed by atoms with Crippen LogP contribution in [-0.2, 0) is 35.1 Å². The third-order valence-electron chi connectivity index (χ3n) is 4.76. The molecule has 31 heavy (non-hydrogen) atoms. The Morgan fingerprint density at radius 3 is 2.39 bits per heavy atom. The zero-order valence-electron chi connectivity index (χ0n) is 16.9. The van der Waals surface area contributed by atoms with Gasteiger partial charge in [-0.25, -0.2) is 0 Å². The second kappa shape index (κ2) is 11.6. The van der Waals surface area contributed by atoms with E-state index in [0.29, 0.717) is 19.3 Å². The van der Waals surface area contributed by atoms with Gasteiger partial charge in [-0.3, -0.25) is 24.0 Å². The molecular weight excluding hydrogens is 408 g/mol. The summed E-state index contributed by atoms with van der Waals surface area (Å²) >= 11 is 0. The highest BCUT2D eigenvalue weighted by atomic mass is 16.5. The van der Waals surface area contributed by atoms with E-state index >= 15 is 0 Å². The van der Waals surface area contributed by atoms with Crippen molar-refractivity contribution in [1.82, 2.24) is 21.3 Å².